The summed E-state index contributed by atoms with van der Waals surface area (Å²) < 4.78 is 0. The fourth-order valence-electron chi connectivity index (χ4n) is 1.48. The van der Waals surface area contributed by atoms with Gasteiger partial charge in [-0.05, 0) is 12.1 Å². The van der Waals surface area contributed by atoms with Crippen molar-refractivity contribution >= 4 is 18.1 Å². The molecule has 1 aliphatic rings. The summed E-state index contributed by atoms with van der Waals surface area (Å²) in [7, 11) is 0. The number of carbonyl (C=O) groups is 3. The highest BCUT2D eigenvalue weighted by Crippen LogP contribution is 2.21. The lowest BCUT2D eigenvalue weighted by Gasteiger charge is -2.07. The van der Waals surface area contributed by atoms with Crippen LogP contribution in [-0.2, 0) is 4.79 Å². The highest BCUT2D eigenvalue weighted by atomic mass is 16.2. The number of hydrogen-bond acceptors (Lipinski definition) is 3. The second-order valence-electron chi connectivity index (χ2n) is 2.93. The topological polar surface area (TPSA) is 54.5 Å². The van der Waals surface area contributed by atoms with Crippen LogP contribution in [-0.4, -0.2) is 29.5 Å². The molecule has 0 aliphatic carbocycles. The first kappa shape index (κ1) is 12.1. The normalized spacial score (nSPS) is 13.0. The predicted molar refractivity (Wildman–Crippen MR) is 59.2 cm³/mol. The maximum absolute atomic E-state index is 11.5. The lowest BCUT2D eigenvalue weighted by Crippen LogP contribution is -2.31. The van der Waals surface area contributed by atoms with Crippen LogP contribution in [0.1, 0.15) is 34.6 Å². The van der Waals surface area contributed by atoms with Crippen molar-refractivity contribution in [2.75, 3.05) is 6.54 Å². The van der Waals surface area contributed by atoms with Crippen LogP contribution in [0.25, 0.3) is 0 Å². The summed E-state index contributed by atoms with van der Waals surface area (Å²) in [5.41, 5.74) is 0.749. The molecule has 0 radical (unpaired) electrons. The highest BCUT2D eigenvalue weighted by Gasteiger charge is 2.34. The number of carbonyl (C=O) groups excluding carboxylic acids is 3. The van der Waals surface area contributed by atoms with Crippen molar-refractivity contribution < 1.29 is 14.4 Å². The van der Waals surface area contributed by atoms with Crippen LogP contribution in [0, 0.1) is 0 Å². The Morgan fingerprint density at radius 1 is 1.06 bits per heavy atom. The average molecular weight is 219 g/mol. The van der Waals surface area contributed by atoms with Gasteiger partial charge >= 0.3 is 0 Å². The minimum atomic E-state index is -0.391. The molecule has 2 rings (SSSR count). The molecule has 0 bridgehead atoms. The molecule has 0 unspecified atom stereocenters. The maximum atomic E-state index is 11.5. The lowest BCUT2D eigenvalue weighted by atomic mass is 10.1. The van der Waals surface area contributed by atoms with Crippen molar-refractivity contribution in [1.82, 2.24) is 4.90 Å². The summed E-state index contributed by atoms with van der Waals surface area (Å²) in [6.07, 6.45) is 0.543. The fraction of sp³-hybridized carbons (Fsp3) is 0.250. The van der Waals surface area contributed by atoms with Crippen LogP contribution >= 0.6 is 0 Å². The number of hydrogen-bond donors (Lipinski definition) is 0. The third-order valence-corrected chi connectivity index (χ3v) is 2.14. The van der Waals surface area contributed by atoms with Gasteiger partial charge in [0.2, 0.25) is 0 Å². The van der Waals surface area contributed by atoms with E-state index in [0.29, 0.717) is 17.4 Å². The number of nitrogens with zero attached hydrogens (tertiary/aromatic N) is 1. The monoisotopic (exact) mass is 219 g/mol. The molecule has 1 heterocycles. The molecule has 0 atom stereocenters. The Balaban J connectivity index is 0.000000606. The molecule has 0 saturated heterocycles. The van der Waals surface area contributed by atoms with Crippen LogP contribution in [0.3, 0.4) is 0 Å². The minimum Gasteiger partial charge on any atom is -0.301 e. The largest absolute Gasteiger partial charge is 0.301 e. The highest BCUT2D eigenvalue weighted by molar-refractivity contribution is 6.21. The SMILES string of the molecule is CC.O=CCN1C(=O)c2ccccc2C1=O. The molecule has 1 aromatic carbocycles. The molecular weight excluding hydrogens is 206 g/mol. The molecule has 1 aromatic rings. The number of benzene rings is 1. The molecule has 84 valence electrons. The van der Waals surface area contributed by atoms with Gasteiger partial charge in [-0.15, -0.1) is 0 Å². The summed E-state index contributed by atoms with van der Waals surface area (Å²) >= 11 is 0. The lowest BCUT2D eigenvalue weighted by molar-refractivity contribution is -0.108. The van der Waals surface area contributed by atoms with Gasteiger partial charge in [-0.3, -0.25) is 14.5 Å². The van der Waals surface area contributed by atoms with E-state index >= 15 is 0 Å². The molecule has 0 fully saturated rings. The molecule has 0 saturated carbocycles. The Morgan fingerprint density at radius 3 is 1.88 bits per heavy atom. The summed E-state index contributed by atoms with van der Waals surface area (Å²) in [6, 6.07) is 6.55. The number of amides is 2. The molecule has 4 heteroatoms. The Labute approximate surface area is 93.9 Å². The number of aldehydes is 1. The van der Waals surface area contributed by atoms with Gasteiger partial charge in [0.25, 0.3) is 11.8 Å². The Kier molecular flexibility index (Phi) is 3.94. The van der Waals surface area contributed by atoms with Crippen LogP contribution in [0.2, 0.25) is 0 Å². The van der Waals surface area contributed by atoms with E-state index in [2.05, 4.69) is 0 Å². The quantitative estimate of drug-likeness (QED) is 0.559. The molecule has 2 amide bonds. The summed E-state index contributed by atoms with van der Waals surface area (Å²) in [5, 5.41) is 0. The van der Waals surface area contributed by atoms with Crippen LogP contribution in [0.4, 0.5) is 0 Å². The first-order valence-corrected chi connectivity index (χ1v) is 5.14. The maximum Gasteiger partial charge on any atom is 0.261 e. The standard InChI is InChI=1S/C10H7NO3.C2H6/c12-6-5-11-9(13)7-3-1-2-4-8(7)10(11)14;1-2/h1-4,6H,5H2;1-2H3. The molecule has 1 aliphatic heterocycles. The van der Waals surface area contributed by atoms with Crippen molar-refractivity contribution in [3.8, 4) is 0 Å². The van der Waals surface area contributed by atoms with Gasteiger partial charge < -0.3 is 4.79 Å². The fourth-order valence-corrected chi connectivity index (χ4v) is 1.48. The molecule has 16 heavy (non-hydrogen) atoms. The zero-order valence-electron chi connectivity index (χ0n) is 9.27. The summed E-state index contributed by atoms with van der Waals surface area (Å²) in [5.74, 6) is -0.782. The van der Waals surface area contributed by atoms with E-state index < -0.39 is 11.8 Å². The Morgan fingerprint density at radius 2 is 1.50 bits per heavy atom. The van der Waals surface area contributed by atoms with Crippen molar-refractivity contribution in [2.24, 2.45) is 0 Å². The van der Waals surface area contributed by atoms with Gasteiger partial charge in [0.15, 0.2) is 0 Å². The third kappa shape index (κ3) is 1.86. The van der Waals surface area contributed by atoms with E-state index in [1.54, 1.807) is 24.3 Å². The average Bonchev–Trinajstić information content (AvgIpc) is 2.58. The van der Waals surface area contributed by atoms with Crippen molar-refractivity contribution in [2.45, 2.75) is 13.8 Å². The summed E-state index contributed by atoms with van der Waals surface area (Å²) in [6.45, 7) is 3.83. The smallest absolute Gasteiger partial charge is 0.261 e. The van der Waals surface area contributed by atoms with E-state index in [1.807, 2.05) is 13.8 Å². The first-order valence-electron chi connectivity index (χ1n) is 5.14. The molecule has 0 aromatic heterocycles. The second-order valence-corrected chi connectivity index (χ2v) is 2.93. The van der Waals surface area contributed by atoms with Gasteiger partial charge in [0, 0.05) is 0 Å². The van der Waals surface area contributed by atoms with E-state index in [9.17, 15) is 14.4 Å². The van der Waals surface area contributed by atoms with E-state index in [1.165, 1.54) is 0 Å². The molecule has 0 N–H and O–H groups in total. The van der Waals surface area contributed by atoms with Gasteiger partial charge in [0.05, 0.1) is 17.7 Å². The number of fused-ring (bicyclic) bond motifs is 1. The molecule has 0 spiro atoms. The zero-order valence-corrected chi connectivity index (χ0v) is 9.27. The van der Waals surface area contributed by atoms with E-state index in [-0.39, 0.29) is 6.54 Å². The van der Waals surface area contributed by atoms with E-state index in [0.717, 1.165) is 4.90 Å². The predicted octanol–water partition coefficient (Wildman–Crippen LogP) is 1.51. The number of imide groups is 1. The van der Waals surface area contributed by atoms with Gasteiger partial charge in [-0.1, -0.05) is 26.0 Å². The van der Waals surface area contributed by atoms with Crippen LogP contribution < -0.4 is 0 Å². The first-order chi connectivity index (χ1) is 7.75. The van der Waals surface area contributed by atoms with Gasteiger partial charge in [-0.25, -0.2) is 0 Å². The second kappa shape index (κ2) is 5.21. The van der Waals surface area contributed by atoms with Crippen LogP contribution in [0.5, 0.6) is 0 Å². The zero-order chi connectivity index (χ0) is 12.1. The van der Waals surface area contributed by atoms with Crippen LogP contribution in [0.15, 0.2) is 24.3 Å². The Bertz CT molecular complexity index is 391. The van der Waals surface area contributed by atoms with Crippen molar-refractivity contribution in [1.29, 1.82) is 0 Å². The Hall–Kier alpha value is -1.97. The van der Waals surface area contributed by atoms with Crippen molar-refractivity contribution in [3.05, 3.63) is 35.4 Å². The molecule has 4 nitrogen and oxygen atoms in total. The van der Waals surface area contributed by atoms with E-state index in [4.69, 9.17) is 0 Å². The summed E-state index contributed by atoms with van der Waals surface area (Å²) in [4.78, 5) is 34.3. The third-order valence-electron chi connectivity index (χ3n) is 2.14. The van der Waals surface area contributed by atoms with Crippen molar-refractivity contribution in [3.63, 3.8) is 0 Å². The molecular formula is C12H13NO3. The number of rotatable bonds is 2. The van der Waals surface area contributed by atoms with Gasteiger partial charge in [-0.2, -0.15) is 0 Å². The minimum absolute atomic E-state index is 0.174. The van der Waals surface area contributed by atoms with Gasteiger partial charge in [0.1, 0.15) is 6.29 Å².